The molecule has 1 aromatic carbocycles. The Hall–Kier alpha value is -1.02. The summed E-state index contributed by atoms with van der Waals surface area (Å²) in [6.45, 7) is 8.02. The fraction of sp³-hybridized carbons (Fsp3) is 0.500. The highest BCUT2D eigenvalue weighted by molar-refractivity contribution is 8.24. The molecule has 0 aliphatic carbocycles. The predicted octanol–water partition coefficient (Wildman–Crippen LogP) is 4.80. The molecule has 0 radical (unpaired) electrons. The van der Waals surface area contributed by atoms with Crippen molar-refractivity contribution in [3.8, 4) is 0 Å². The zero-order valence-electron chi connectivity index (χ0n) is 14.1. The molecule has 2 atom stereocenters. The van der Waals surface area contributed by atoms with Crippen LogP contribution in [0.4, 0.5) is 10.5 Å². The average Bonchev–Trinajstić information content (AvgIpc) is 2.76. The number of rotatable bonds is 4. The maximum Gasteiger partial charge on any atom is 0.347 e. The van der Waals surface area contributed by atoms with Gasteiger partial charge in [-0.25, -0.2) is 4.79 Å². The van der Waals surface area contributed by atoms with Crippen molar-refractivity contribution < 1.29 is 10.0 Å². The smallest absolute Gasteiger partial charge is 0.331 e. The lowest BCUT2D eigenvalue weighted by molar-refractivity contribution is -0.120. The van der Waals surface area contributed by atoms with Gasteiger partial charge in [0.15, 0.2) is 0 Å². The standard InChI is InChI=1S/C16H22ClN3O2S2/c1-5-10(2)19-13(16(3,4)24-15(19)23)20(22)14(21)18-12-8-6-11(17)7-9-12/h6-10,13,22H,5H2,1-4H3,(H,18,21)/t10-,13-/m1/s1. The third-order valence-electron chi connectivity index (χ3n) is 4.05. The van der Waals surface area contributed by atoms with E-state index in [0.29, 0.717) is 15.0 Å². The Labute approximate surface area is 157 Å². The van der Waals surface area contributed by atoms with Crippen molar-refractivity contribution in [3.05, 3.63) is 29.3 Å². The highest BCUT2D eigenvalue weighted by Gasteiger charge is 2.50. The summed E-state index contributed by atoms with van der Waals surface area (Å²) in [7, 11) is 0. The van der Waals surface area contributed by atoms with E-state index in [4.69, 9.17) is 23.8 Å². The normalized spacial score (nSPS) is 20.8. The molecule has 1 aliphatic heterocycles. The van der Waals surface area contributed by atoms with E-state index in [0.717, 1.165) is 11.5 Å². The summed E-state index contributed by atoms with van der Waals surface area (Å²) in [5.41, 5.74) is 0.560. The molecule has 0 aromatic heterocycles. The van der Waals surface area contributed by atoms with Crippen LogP contribution < -0.4 is 5.32 Å². The van der Waals surface area contributed by atoms with Crippen LogP contribution in [-0.2, 0) is 0 Å². The van der Waals surface area contributed by atoms with Crippen LogP contribution in [0, 0.1) is 0 Å². The second kappa shape index (κ2) is 7.47. The van der Waals surface area contributed by atoms with Crippen molar-refractivity contribution in [1.29, 1.82) is 0 Å². The summed E-state index contributed by atoms with van der Waals surface area (Å²) in [5, 5.41) is 14.6. The first kappa shape index (κ1) is 19.3. The van der Waals surface area contributed by atoms with E-state index in [1.54, 1.807) is 24.3 Å². The van der Waals surface area contributed by atoms with Gasteiger partial charge in [-0.1, -0.05) is 42.5 Å². The van der Waals surface area contributed by atoms with Gasteiger partial charge in [-0.15, -0.1) is 0 Å². The van der Waals surface area contributed by atoms with Gasteiger partial charge in [0, 0.05) is 16.8 Å². The maximum atomic E-state index is 12.5. The van der Waals surface area contributed by atoms with E-state index < -0.39 is 16.9 Å². The Kier molecular flexibility index (Phi) is 6.01. The van der Waals surface area contributed by atoms with Gasteiger partial charge in [-0.2, -0.15) is 5.06 Å². The monoisotopic (exact) mass is 387 g/mol. The number of amides is 2. The van der Waals surface area contributed by atoms with E-state index in [9.17, 15) is 10.0 Å². The van der Waals surface area contributed by atoms with Crippen LogP contribution in [-0.4, -0.2) is 42.5 Å². The molecule has 5 nitrogen and oxygen atoms in total. The lowest BCUT2D eigenvalue weighted by Gasteiger charge is -2.39. The molecule has 1 saturated heterocycles. The van der Waals surface area contributed by atoms with Crippen molar-refractivity contribution in [2.45, 2.75) is 51.1 Å². The van der Waals surface area contributed by atoms with Crippen molar-refractivity contribution in [1.82, 2.24) is 9.96 Å². The SMILES string of the molecule is CC[C@@H](C)N1C(=S)SC(C)(C)[C@H]1N(O)C(=O)Nc1ccc(Cl)cc1. The summed E-state index contributed by atoms with van der Waals surface area (Å²) in [4.78, 5) is 14.4. The highest BCUT2D eigenvalue weighted by atomic mass is 35.5. The van der Waals surface area contributed by atoms with Gasteiger partial charge in [0.25, 0.3) is 0 Å². The third-order valence-corrected chi connectivity index (χ3v) is 5.88. The van der Waals surface area contributed by atoms with Gasteiger partial charge >= 0.3 is 6.03 Å². The minimum atomic E-state index is -0.603. The predicted molar refractivity (Wildman–Crippen MR) is 104 cm³/mol. The lowest BCUT2D eigenvalue weighted by atomic mass is 10.1. The first-order valence-electron chi connectivity index (χ1n) is 7.73. The molecule has 2 N–H and O–H groups in total. The van der Waals surface area contributed by atoms with E-state index in [1.165, 1.54) is 11.8 Å². The zero-order chi connectivity index (χ0) is 18.1. The molecule has 0 saturated carbocycles. The van der Waals surface area contributed by atoms with Crippen LogP contribution in [0.5, 0.6) is 0 Å². The maximum absolute atomic E-state index is 12.5. The van der Waals surface area contributed by atoms with E-state index in [1.807, 2.05) is 25.7 Å². The quantitative estimate of drug-likeness (QED) is 0.441. The molecule has 1 aromatic rings. The summed E-state index contributed by atoms with van der Waals surface area (Å²) in [6.07, 6.45) is 0.317. The molecule has 24 heavy (non-hydrogen) atoms. The highest BCUT2D eigenvalue weighted by Crippen LogP contribution is 2.43. The van der Waals surface area contributed by atoms with Crippen LogP contribution in [0.2, 0.25) is 5.02 Å². The Morgan fingerprint density at radius 2 is 2.08 bits per heavy atom. The zero-order valence-corrected chi connectivity index (χ0v) is 16.5. The number of thioether (sulfide) groups is 1. The number of nitrogens with zero attached hydrogens (tertiary/aromatic N) is 2. The van der Waals surface area contributed by atoms with Crippen molar-refractivity contribution in [2.75, 3.05) is 5.32 Å². The first-order chi connectivity index (χ1) is 11.2. The van der Waals surface area contributed by atoms with Gasteiger partial charge in [0.2, 0.25) is 0 Å². The number of halogens is 1. The first-order valence-corrected chi connectivity index (χ1v) is 9.33. The topological polar surface area (TPSA) is 55.8 Å². The summed E-state index contributed by atoms with van der Waals surface area (Å²) in [6, 6.07) is 6.23. The molecule has 2 amide bonds. The number of carbonyl (C=O) groups is 1. The number of thiocarbonyl (C=S) groups is 1. The van der Waals surface area contributed by atoms with E-state index >= 15 is 0 Å². The molecule has 1 fully saturated rings. The van der Waals surface area contributed by atoms with E-state index in [2.05, 4.69) is 12.2 Å². The molecule has 0 spiro atoms. The Balaban J connectivity index is 2.20. The second-order valence-corrected chi connectivity index (χ2v) is 9.02. The molecular weight excluding hydrogens is 366 g/mol. The Morgan fingerprint density at radius 3 is 2.62 bits per heavy atom. The second-order valence-electron chi connectivity index (χ2n) is 6.29. The molecule has 2 rings (SSSR count). The van der Waals surface area contributed by atoms with Crippen molar-refractivity contribution in [3.63, 3.8) is 0 Å². The number of hydroxylamine groups is 2. The Morgan fingerprint density at radius 1 is 1.50 bits per heavy atom. The summed E-state index contributed by atoms with van der Waals surface area (Å²) >= 11 is 12.8. The molecule has 0 bridgehead atoms. The molecule has 1 heterocycles. The number of benzene rings is 1. The van der Waals surface area contributed by atoms with Crippen molar-refractivity contribution >= 4 is 51.6 Å². The number of urea groups is 1. The minimum absolute atomic E-state index is 0.120. The minimum Gasteiger partial charge on any atom is -0.331 e. The van der Waals surface area contributed by atoms with Gasteiger partial charge in [0.1, 0.15) is 10.5 Å². The molecule has 8 heteroatoms. The van der Waals surface area contributed by atoms with Crippen LogP contribution in [0.3, 0.4) is 0 Å². The fourth-order valence-corrected chi connectivity index (χ4v) is 4.82. The van der Waals surface area contributed by atoms with Gasteiger partial charge in [0.05, 0.1) is 4.75 Å². The van der Waals surface area contributed by atoms with E-state index in [-0.39, 0.29) is 6.04 Å². The number of carbonyl (C=O) groups excluding carboxylic acids is 1. The Bertz CT molecular complexity index is 624. The third kappa shape index (κ3) is 3.96. The lowest BCUT2D eigenvalue weighted by Crippen LogP contribution is -2.57. The van der Waals surface area contributed by atoms with Gasteiger partial charge < -0.3 is 10.2 Å². The van der Waals surface area contributed by atoms with Gasteiger partial charge in [-0.05, 0) is 51.5 Å². The molecule has 132 valence electrons. The summed E-state index contributed by atoms with van der Waals surface area (Å²) in [5.74, 6) is 0. The molecular formula is C16H22ClN3O2S2. The van der Waals surface area contributed by atoms with Crippen LogP contribution in [0.15, 0.2) is 24.3 Å². The van der Waals surface area contributed by atoms with Crippen molar-refractivity contribution in [2.24, 2.45) is 0 Å². The van der Waals surface area contributed by atoms with Gasteiger partial charge in [-0.3, -0.25) is 5.21 Å². The average molecular weight is 388 g/mol. The number of hydrogen-bond donors (Lipinski definition) is 2. The van der Waals surface area contributed by atoms with Crippen LogP contribution >= 0.6 is 35.6 Å². The summed E-state index contributed by atoms with van der Waals surface area (Å²) < 4.78 is 0.268. The molecule has 1 aliphatic rings. The molecule has 0 unspecified atom stereocenters. The van der Waals surface area contributed by atoms with Crippen LogP contribution in [0.25, 0.3) is 0 Å². The fourth-order valence-electron chi connectivity index (χ4n) is 2.62. The largest absolute Gasteiger partial charge is 0.347 e. The number of nitrogens with one attached hydrogen (secondary N) is 1. The van der Waals surface area contributed by atoms with Crippen LogP contribution in [0.1, 0.15) is 34.1 Å². The number of anilines is 1. The number of hydrogen-bond acceptors (Lipinski definition) is 4.